The molecule has 0 saturated heterocycles. The zero-order valence-electron chi connectivity index (χ0n) is 14.8. The van der Waals surface area contributed by atoms with Crippen LogP contribution in [-0.4, -0.2) is 46.0 Å². The van der Waals surface area contributed by atoms with Crippen molar-refractivity contribution in [3.05, 3.63) is 68.8 Å². The zero-order chi connectivity index (χ0) is 19.7. The molecule has 2 aromatic rings. The lowest BCUT2D eigenvalue weighted by Gasteiger charge is -2.20. The van der Waals surface area contributed by atoms with Crippen molar-refractivity contribution in [1.29, 1.82) is 0 Å². The van der Waals surface area contributed by atoms with Gasteiger partial charge in [-0.05, 0) is 31.0 Å². The standard InChI is InChI=1S/C19H18N2O6/c1-11-4-3-5-12(2)17(11)27-10-14(22)9-20-18(23)15-7-6-13(21(25)26)8-16(15)19(20)24/h3-8,14,22H,9-10H2,1-2H3/t14-/m0/s1. The van der Waals surface area contributed by atoms with Crippen molar-refractivity contribution in [3.8, 4) is 5.75 Å². The molecular formula is C19H18N2O6. The maximum Gasteiger partial charge on any atom is 0.270 e. The minimum Gasteiger partial charge on any atom is -0.490 e. The van der Waals surface area contributed by atoms with Gasteiger partial charge in [0.05, 0.1) is 22.6 Å². The largest absolute Gasteiger partial charge is 0.490 e. The summed E-state index contributed by atoms with van der Waals surface area (Å²) in [6, 6.07) is 9.17. The Morgan fingerprint density at radius 2 is 1.74 bits per heavy atom. The molecule has 1 heterocycles. The number of nitro benzene ring substituents is 1. The van der Waals surface area contributed by atoms with Gasteiger partial charge in [0.15, 0.2) is 0 Å². The highest BCUT2D eigenvalue weighted by Crippen LogP contribution is 2.27. The Labute approximate surface area is 155 Å². The number of nitro groups is 1. The van der Waals surface area contributed by atoms with Gasteiger partial charge in [0.1, 0.15) is 18.5 Å². The first-order valence-electron chi connectivity index (χ1n) is 8.31. The Hall–Kier alpha value is -3.26. The highest BCUT2D eigenvalue weighted by atomic mass is 16.6. The van der Waals surface area contributed by atoms with Crippen LogP contribution in [-0.2, 0) is 0 Å². The summed E-state index contributed by atoms with van der Waals surface area (Å²) in [6.07, 6.45) is -1.10. The van der Waals surface area contributed by atoms with Gasteiger partial charge in [-0.1, -0.05) is 18.2 Å². The van der Waals surface area contributed by atoms with Crippen molar-refractivity contribution in [3.63, 3.8) is 0 Å². The van der Waals surface area contributed by atoms with E-state index in [0.29, 0.717) is 5.75 Å². The Morgan fingerprint density at radius 3 is 2.37 bits per heavy atom. The number of aryl methyl sites for hydroxylation is 2. The van der Waals surface area contributed by atoms with Gasteiger partial charge in [0, 0.05) is 12.1 Å². The molecule has 0 saturated carbocycles. The quantitative estimate of drug-likeness (QED) is 0.474. The maximum atomic E-state index is 12.4. The van der Waals surface area contributed by atoms with Crippen molar-refractivity contribution in [2.45, 2.75) is 20.0 Å². The normalized spacial score (nSPS) is 14.3. The second kappa shape index (κ2) is 7.16. The predicted octanol–water partition coefficient (Wildman–Crippen LogP) is 2.25. The lowest BCUT2D eigenvalue weighted by atomic mass is 10.1. The van der Waals surface area contributed by atoms with Gasteiger partial charge < -0.3 is 9.84 Å². The number of ether oxygens (including phenoxy) is 1. The summed E-state index contributed by atoms with van der Waals surface area (Å²) >= 11 is 0. The molecule has 8 nitrogen and oxygen atoms in total. The van der Waals surface area contributed by atoms with Crippen LogP contribution in [0.25, 0.3) is 0 Å². The molecule has 1 aliphatic heterocycles. The molecule has 3 rings (SSSR count). The Balaban J connectivity index is 1.69. The molecule has 0 aromatic heterocycles. The highest BCUT2D eigenvalue weighted by molar-refractivity contribution is 6.21. The number of carbonyl (C=O) groups is 2. The lowest BCUT2D eigenvalue weighted by molar-refractivity contribution is -0.384. The molecule has 1 N–H and O–H groups in total. The molecule has 1 atom stereocenters. The smallest absolute Gasteiger partial charge is 0.270 e. The van der Waals surface area contributed by atoms with E-state index in [1.165, 1.54) is 12.1 Å². The van der Waals surface area contributed by atoms with E-state index in [-0.39, 0.29) is 30.0 Å². The van der Waals surface area contributed by atoms with Crippen LogP contribution in [0.15, 0.2) is 36.4 Å². The molecule has 27 heavy (non-hydrogen) atoms. The number of non-ortho nitro benzene ring substituents is 1. The number of rotatable bonds is 6. The van der Waals surface area contributed by atoms with E-state index in [4.69, 9.17) is 4.74 Å². The van der Waals surface area contributed by atoms with Crippen LogP contribution in [0.3, 0.4) is 0 Å². The van der Waals surface area contributed by atoms with Crippen molar-refractivity contribution < 1.29 is 24.4 Å². The van der Waals surface area contributed by atoms with E-state index in [1.807, 2.05) is 32.0 Å². The van der Waals surface area contributed by atoms with Gasteiger partial charge in [-0.2, -0.15) is 0 Å². The fourth-order valence-corrected chi connectivity index (χ4v) is 3.03. The summed E-state index contributed by atoms with van der Waals surface area (Å²) in [5, 5.41) is 21.1. The Morgan fingerprint density at radius 1 is 1.11 bits per heavy atom. The molecule has 0 radical (unpaired) electrons. The number of para-hydroxylation sites is 1. The minimum absolute atomic E-state index is 0.0305. The average Bonchev–Trinajstić information content (AvgIpc) is 2.86. The number of benzene rings is 2. The summed E-state index contributed by atoms with van der Waals surface area (Å²) in [5.74, 6) is -0.602. The van der Waals surface area contributed by atoms with Crippen LogP contribution < -0.4 is 4.74 Å². The van der Waals surface area contributed by atoms with E-state index in [1.54, 1.807) is 0 Å². The summed E-state index contributed by atoms with van der Waals surface area (Å²) in [5.41, 5.74) is 1.62. The number of aliphatic hydroxyl groups excluding tert-OH is 1. The highest BCUT2D eigenvalue weighted by Gasteiger charge is 2.37. The van der Waals surface area contributed by atoms with Crippen molar-refractivity contribution in [2.24, 2.45) is 0 Å². The lowest BCUT2D eigenvalue weighted by Crippen LogP contribution is -2.39. The topological polar surface area (TPSA) is 110 Å². The molecule has 0 unspecified atom stereocenters. The van der Waals surface area contributed by atoms with E-state index >= 15 is 0 Å². The van der Waals surface area contributed by atoms with E-state index < -0.39 is 22.8 Å². The first-order chi connectivity index (χ1) is 12.8. The van der Waals surface area contributed by atoms with Gasteiger partial charge >= 0.3 is 0 Å². The summed E-state index contributed by atoms with van der Waals surface area (Å²) in [4.78, 5) is 35.9. The number of fused-ring (bicyclic) bond motifs is 1. The fraction of sp³-hybridized carbons (Fsp3) is 0.263. The van der Waals surface area contributed by atoms with Crippen LogP contribution in [0.4, 0.5) is 5.69 Å². The van der Waals surface area contributed by atoms with Crippen LogP contribution >= 0.6 is 0 Å². The molecular weight excluding hydrogens is 352 g/mol. The van der Waals surface area contributed by atoms with Gasteiger partial charge in [0.2, 0.25) is 0 Å². The molecule has 140 valence electrons. The second-order valence-corrected chi connectivity index (χ2v) is 6.39. The molecule has 8 heteroatoms. The third-order valence-corrected chi connectivity index (χ3v) is 4.39. The van der Waals surface area contributed by atoms with E-state index in [0.717, 1.165) is 22.1 Å². The van der Waals surface area contributed by atoms with Crippen molar-refractivity contribution in [1.82, 2.24) is 4.90 Å². The van der Waals surface area contributed by atoms with Gasteiger partial charge in [0.25, 0.3) is 17.5 Å². The predicted molar refractivity (Wildman–Crippen MR) is 95.9 cm³/mol. The number of imide groups is 1. The van der Waals surface area contributed by atoms with Crippen LogP contribution in [0.1, 0.15) is 31.8 Å². The number of amides is 2. The number of hydrogen-bond acceptors (Lipinski definition) is 6. The van der Waals surface area contributed by atoms with Crippen molar-refractivity contribution in [2.75, 3.05) is 13.2 Å². The zero-order valence-corrected chi connectivity index (χ0v) is 14.8. The summed E-state index contributed by atoms with van der Waals surface area (Å²) in [7, 11) is 0. The Kier molecular flexibility index (Phi) is 4.91. The van der Waals surface area contributed by atoms with Crippen LogP contribution in [0.2, 0.25) is 0 Å². The third kappa shape index (κ3) is 3.52. The molecule has 2 amide bonds. The van der Waals surface area contributed by atoms with E-state index in [9.17, 15) is 24.8 Å². The third-order valence-electron chi connectivity index (χ3n) is 4.39. The first kappa shape index (κ1) is 18.5. The van der Waals surface area contributed by atoms with Gasteiger partial charge in [-0.15, -0.1) is 0 Å². The first-order valence-corrected chi connectivity index (χ1v) is 8.31. The molecule has 0 bridgehead atoms. The fourth-order valence-electron chi connectivity index (χ4n) is 3.03. The van der Waals surface area contributed by atoms with Crippen LogP contribution in [0, 0.1) is 24.0 Å². The maximum absolute atomic E-state index is 12.4. The number of β-amino-alcohol motifs (C(OH)–C–C–N with tert-alkyl or cyclic N) is 1. The molecule has 0 aliphatic carbocycles. The molecule has 1 aliphatic rings. The average molecular weight is 370 g/mol. The number of nitrogens with zero attached hydrogens (tertiary/aromatic N) is 2. The minimum atomic E-state index is -1.10. The molecule has 0 fully saturated rings. The van der Waals surface area contributed by atoms with E-state index in [2.05, 4.69) is 0 Å². The van der Waals surface area contributed by atoms with Crippen LogP contribution in [0.5, 0.6) is 5.75 Å². The number of aliphatic hydroxyl groups is 1. The number of carbonyl (C=O) groups excluding carboxylic acids is 2. The van der Waals surface area contributed by atoms with Crippen molar-refractivity contribution >= 4 is 17.5 Å². The summed E-state index contributed by atoms with van der Waals surface area (Å²) in [6.45, 7) is 3.40. The van der Waals surface area contributed by atoms with Gasteiger partial charge in [-0.3, -0.25) is 24.6 Å². The van der Waals surface area contributed by atoms with Gasteiger partial charge in [-0.25, -0.2) is 0 Å². The SMILES string of the molecule is Cc1cccc(C)c1OC[C@@H](O)CN1C(=O)c2ccc([N+](=O)[O-])cc2C1=O. The summed E-state index contributed by atoms with van der Waals surface area (Å²) < 4.78 is 5.65. The molecule has 2 aromatic carbocycles. The Bertz CT molecular complexity index is 920. The second-order valence-electron chi connectivity index (χ2n) is 6.39. The monoisotopic (exact) mass is 370 g/mol. The molecule has 0 spiro atoms. The number of hydrogen-bond donors (Lipinski definition) is 1.